The second kappa shape index (κ2) is 8.77. The molecule has 1 N–H and O–H groups in total. The van der Waals surface area contributed by atoms with E-state index in [1.54, 1.807) is 22.9 Å². The summed E-state index contributed by atoms with van der Waals surface area (Å²) in [7, 11) is 0. The van der Waals surface area contributed by atoms with Gasteiger partial charge in [0.25, 0.3) is 11.4 Å². The van der Waals surface area contributed by atoms with Crippen LogP contribution in [-0.4, -0.2) is 40.6 Å². The molecule has 0 radical (unpaired) electrons. The highest BCUT2D eigenvalue weighted by molar-refractivity contribution is 5.68. The Kier molecular flexibility index (Phi) is 5.53. The van der Waals surface area contributed by atoms with Crippen LogP contribution in [0.1, 0.15) is 17.5 Å². The van der Waals surface area contributed by atoms with Gasteiger partial charge in [-0.15, -0.1) is 0 Å². The van der Waals surface area contributed by atoms with Crippen LogP contribution in [0.25, 0.3) is 11.3 Å². The Labute approximate surface area is 185 Å². The van der Waals surface area contributed by atoms with Crippen LogP contribution >= 0.6 is 0 Å². The zero-order valence-electron chi connectivity index (χ0n) is 17.4. The van der Waals surface area contributed by atoms with Crippen molar-refractivity contribution < 1.29 is 19.3 Å². The third-order valence-corrected chi connectivity index (χ3v) is 5.43. The summed E-state index contributed by atoms with van der Waals surface area (Å²) in [5.41, 5.74) is 3.79. The number of aryl methyl sites for hydroxylation is 1. The Hall–Kier alpha value is -3.76. The fourth-order valence-electron chi connectivity index (χ4n) is 3.92. The molecule has 0 fully saturated rings. The average molecular weight is 430 g/mol. The van der Waals surface area contributed by atoms with Crippen molar-refractivity contribution in [2.24, 2.45) is 0 Å². The van der Waals surface area contributed by atoms with Gasteiger partial charge in [0, 0.05) is 42.4 Å². The number of nitrogens with zero attached hydrogens (tertiary/aromatic N) is 2. The molecule has 4 heterocycles. The van der Waals surface area contributed by atoms with Crippen molar-refractivity contribution >= 4 is 0 Å². The third-order valence-electron chi connectivity index (χ3n) is 5.43. The van der Waals surface area contributed by atoms with E-state index in [0.717, 1.165) is 28.8 Å². The summed E-state index contributed by atoms with van der Waals surface area (Å²) in [6.07, 6.45) is 2.58. The highest BCUT2D eigenvalue weighted by Crippen LogP contribution is 2.32. The zero-order chi connectivity index (χ0) is 21.9. The fraction of sp³-hybridized carbons (Fsp3) is 0.280. The Morgan fingerprint density at radius 3 is 3.09 bits per heavy atom. The molecule has 5 rings (SSSR count). The van der Waals surface area contributed by atoms with Crippen LogP contribution < -0.4 is 19.8 Å². The lowest BCUT2D eigenvalue weighted by atomic mass is 9.95. The lowest BCUT2D eigenvalue weighted by Gasteiger charge is -2.26. The lowest BCUT2D eigenvalue weighted by Crippen LogP contribution is -2.35. The van der Waals surface area contributed by atoms with Crippen molar-refractivity contribution in [1.82, 2.24) is 9.55 Å². The van der Waals surface area contributed by atoms with Crippen molar-refractivity contribution in [1.29, 1.82) is 0 Å². The minimum atomic E-state index is -0.294. The molecular formula is C25H22N2O5. The number of ether oxygens (including phenoxy) is 3. The summed E-state index contributed by atoms with van der Waals surface area (Å²) < 4.78 is 19.2. The molecule has 7 nitrogen and oxygen atoms in total. The molecule has 1 unspecified atom stereocenters. The average Bonchev–Trinajstić information content (AvgIpc) is 2.82. The van der Waals surface area contributed by atoms with E-state index in [-0.39, 0.29) is 24.9 Å². The maximum Gasteiger partial charge on any atom is 0.257 e. The van der Waals surface area contributed by atoms with Crippen molar-refractivity contribution in [3.8, 4) is 40.5 Å². The first-order valence-electron chi connectivity index (χ1n) is 10.6. The molecule has 2 aromatic heterocycles. The Balaban J connectivity index is 1.35. The number of hydrogen-bond donors (Lipinski definition) is 1. The summed E-state index contributed by atoms with van der Waals surface area (Å²) in [5, 5.41) is 8.90. The van der Waals surface area contributed by atoms with Crippen LogP contribution in [0.15, 0.2) is 53.5 Å². The van der Waals surface area contributed by atoms with Crippen molar-refractivity contribution in [3.63, 3.8) is 0 Å². The number of fused-ring (bicyclic) bond motifs is 4. The molecule has 7 heteroatoms. The molecule has 1 atom stereocenters. The molecular weight excluding hydrogens is 408 g/mol. The largest absolute Gasteiger partial charge is 0.489 e. The Morgan fingerprint density at radius 2 is 2.19 bits per heavy atom. The zero-order valence-corrected chi connectivity index (χ0v) is 17.4. The van der Waals surface area contributed by atoms with E-state index < -0.39 is 0 Å². The number of rotatable bonds is 4. The molecule has 0 aliphatic carbocycles. The summed E-state index contributed by atoms with van der Waals surface area (Å²) in [6.45, 7) is 1.25. The van der Waals surface area contributed by atoms with Gasteiger partial charge in [0.1, 0.15) is 19.0 Å². The smallest absolute Gasteiger partial charge is 0.257 e. The highest BCUT2D eigenvalue weighted by atomic mass is 16.6. The maximum atomic E-state index is 12.7. The molecule has 3 aromatic rings. The van der Waals surface area contributed by atoms with Gasteiger partial charge in [-0.05, 0) is 36.2 Å². The molecule has 0 saturated carbocycles. The number of aliphatic hydroxyl groups excluding tert-OH is 1. The van der Waals surface area contributed by atoms with E-state index in [9.17, 15) is 4.79 Å². The van der Waals surface area contributed by atoms with Crippen LogP contribution in [0.3, 0.4) is 0 Å². The molecule has 162 valence electrons. The van der Waals surface area contributed by atoms with E-state index in [1.165, 1.54) is 6.07 Å². The van der Waals surface area contributed by atoms with Gasteiger partial charge in [-0.1, -0.05) is 17.9 Å². The second-order valence-corrected chi connectivity index (χ2v) is 7.63. The topological polar surface area (TPSA) is 82.8 Å². The van der Waals surface area contributed by atoms with E-state index in [4.69, 9.17) is 19.3 Å². The molecule has 0 bridgehead atoms. The summed E-state index contributed by atoms with van der Waals surface area (Å²) in [4.78, 5) is 16.9. The summed E-state index contributed by atoms with van der Waals surface area (Å²) in [5.74, 6) is 7.59. The van der Waals surface area contributed by atoms with E-state index in [2.05, 4.69) is 22.9 Å². The standard InChI is InChI=1S/C25H22N2O5/c28-11-2-1-4-17-6-7-21-18(12-17)8-10-27-22(21)13-19(14-24(27)29)30-15-20-16-31-25-23(32-20)5-3-9-26-25/h3,5-7,9,12-14,20,28H,2,8,10-11,15-16H2. The van der Waals surface area contributed by atoms with Gasteiger partial charge in [-0.3, -0.25) is 4.79 Å². The molecule has 2 aliphatic heterocycles. The molecule has 0 spiro atoms. The van der Waals surface area contributed by atoms with Gasteiger partial charge in [0.15, 0.2) is 11.9 Å². The maximum absolute atomic E-state index is 12.7. The van der Waals surface area contributed by atoms with Crippen LogP contribution in [0, 0.1) is 11.8 Å². The number of pyridine rings is 2. The van der Waals surface area contributed by atoms with Crippen molar-refractivity contribution in [3.05, 3.63) is 70.1 Å². The summed E-state index contributed by atoms with van der Waals surface area (Å²) >= 11 is 0. The fourth-order valence-corrected chi connectivity index (χ4v) is 3.92. The van der Waals surface area contributed by atoms with E-state index >= 15 is 0 Å². The van der Waals surface area contributed by atoms with Crippen LogP contribution in [-0.2, 0) is 13.0 Å². The molecule has 32 heavy (non-hydrogen) atoms. The van der Waals surface area contributed by atoms with Crippen LogP contribution in [0.2, 0.25) is 0 Å². The minimum Gasteiger partial charge on any atom is -0.489 e. The predicted molar refractivity (Wildman–Crippen MR) is 118 cm³/mol. The predicted octanol–water partition coefficient (Wildman–Crippen LogP) is 2.42. The Bertz CT molecular complexity index is 1270. The molecule has 0 amide bonds. The lowest BCUT2D eigenvalue weighted by molar-refractivity contribution is 0.0500. The number of aliphatic hydroxyl groups is 1. The van der Waals surface area contributed by atoms with E-state index in [1.807, 2.05) is 18.2 Å². The van der Waals surface area contributed by atoms with Crippen molar-refractivity contribution in [2.45, 2.75) is 25.5 Å². The van der Waals surface area contributed by atoms with Crippen LogP contribution in [0.4, 0.5) is 0 Å². The molecule has 2 aliphatic rings. The SMILES string of the molecule is O=c1cc(OCC2COc3ncccc3O2)cc2n1CCc1cc(C#CCCO)ccc1-2. The second-order valence-electron chi connectivity index (χ2n) is 7.63. The minimum absolute atomic E-state index is 0.0540. The van der Waals surface area contributed by atoms with Gasteiger partial charge in [0.05, 0.1) is 12.3 Å². The quantitative estimate of drug-likeness (QED) is 0.640. The monoisotopic (exact) mass is 430 g/mol. The first kappa shape index (κ1) is 20.2. The van der Waals surface area contributed by atoms with Gasteiger partial charge in [0.2, 0.25) is 0 Å². The van der Waals surface area contributed by atoms with Gasteiger partial charge < -0.3 is 23.9 Å². The number of benzene rings is 1. The third kappa shape index (κ3) is 4.05. The highest BCUT2D eigenvalue weighted by Gasteiger charge is 2.23. The van der Waals surface area contributed by atoms with Gasteiger partial charge in [-0.2, -0.15) is 0 Å². The first-order chi connectivity index (χ1) is 15.7. The van der Waals surface area contributed by atoms with Crippen LogP contribution in [0.5, 0.6) is 17.4 Å². The Morgan fingerprint density at radius 1 is 1.25 bits per heavy atom. The normalized spacial score (nSPS) is 15.7. The number of hydrogen-bond acceptors (Lipinski definition) is 6. The number of aromatic nitrogens is 2. The van der Waals surface area contributed by atoms with Gasteiger partial charge in [-0.25, -0.2) is 4.98 Å². The first-order valence-corrected chi connectivity index (χ1v) is 10.6. The molecule has 1 aromatic carbocycles. The van der Waals surface area contributed by atoms with Gasteiger partial charge >= 0.3 is 0 Å². The molecule has 0 saturated heterocycles. The summed E-state index contributed by atoms with van der Waals surface area (Å²) in [6, 6.07) is 13.0. The van der Waals surface area contributed by atoms with Crippen molar-refractivity contribution in [2.75, 3.05) is 19.8 Å². The van der Waals surface area contributed by atoms with E-state index in [0.29, 0.717) is 37.0 Å².